The first-order valence-electron chi connectivity index (χ1n) is 5.66. The number of carbonyl (C=O) groups is 1. The van der Waals surface area contributed by atoms with Crippen LogP contribution in [0.25, 0.3) is 0 Å². The molecular weight excluding hydrogens is 300 g/mol. The monoisotopic (exact) mass is 312 g/mol. The second-order valence-electron chi connectivity index (χ2n) is 4.05. The summed E-state index contributed by atoms with van der Waals surface area (Å²) in [6.45, 7) is 1.90. The van der Waals surface area contributed by atoms with Crippen LogP contribution < -0.4 is 5.73 Å². The Bertz CT molecular complexity index is 581. The van der Waals surface area contributed by atoms with Gasteiger partial charge in [0.25, 0.3) is 0 Å². The van der Waals surface area contributed by atoms with Gasteiger partial charge in [0.15, 0.2) is 4.34 Å². The Kier molecular flexibility index (Phi) is 4.85. The maximum atomic E-state index is 10.9. The van der Waals surface area contributed by atoms with Crippen LogP contribution in [0, 0.1) is 6.92 Å². The van der Waals surface area contributed by atoms with E-state index in [0.29, 0.717) is 0 Å². The Balaban J connectivity index is 1.99. The molecule has 0 spiro atoms. The highest BCUT2D eigenvalue weighted by atomic mass is 35.5. The molecule has 0 fully saturated rings. The number of benzene rings is 1. The third kappa shape index (κ3) is 4.23. The summed E-state index contributed by atoms with van der Waals surface area (Å²) < 4.78 is 0.962. The fourth-order valence-corrected chi connectivity index (χ4v) is 3.84. The SMILES string of the molecule is Cc1nc(SCc2ccc(Cl)cc2)sc1CC(N)=O. The van der Waals surface area contributed by atoms with E-state index in [1.807, 2.05) is 31.2 Å². The maximum Gasteiger partial charge on any atom is 0.222 e. The van der Waals surface area contributed by atoms with Gasteiger partial charge in [0.2, 0.25) is 5.91 Å². The summed E-state index contributed by atoms with van der Waals surface area (Å²) in [5.41, 5.74) is 7.29. The molecule has 6 heteroatoms. The molecule has 0 saturated heterocycles. The van der Waals surface area contributed by atoms with E-state index in [4.69, 9.17) is 17.3 Å². The van der Waals surface area contributed by atoms with E-state index in [1.165, 1.54) is 16.9 Å². The lowest BCUT2D eigenvalue weighted by molar-refractivity contribution is -0.117. The molecule has 2 N–H and O–H groups in total. The van der Waals surface area contributed by atoms with Gasteiger partial charge in [-0.2, -0.15) is 0 Å². The molecule has 2 aromatic rings. The smallest absolute Gasteiger partial charge is 0.222 e. The number of carbonyl (C=O) groups excluding carboxylic acids is 1. The van der Waals surface area contributed by atoms with Gasteiger partial charge in [-0.15, -0.1) is 11.3 Å². The van der Waals surface area contributed by atoms with Crippen molar-refractivity contribution >= 4 is 40.6 Å². The van der Waals surface area contributed by atoms with E-state index in [-0.39, 0.29) is 12.3 Å². The average Bonchev–Trinajstić information content (AvgIpc) is 2.69. The molecule has 2 rings (SSSR count). The van der Waals surface area contributed by atoms with Crippen LogP contribution in [0.1, 0.15) is 16.1 Å². The summed E-state index contributed by atoms with van der Waals surface area (Å²) in [6.07, 6.45) is 0.269. The topological polar surface area (TPSA) is 56.0 Å². The molecule has 0 aliphatic heterocycles. The summed E-state index contributed by atoms with van der Waals surface area (Å²) in [4.78, 5) is 16.3. The summed E-state index contributed by atoms with van der Waals surface area (Å²) >= 11 is 9.03. The molecule has 0 saturated carbocycles. The third-order valence-electron chi connectivity index (χ3n) is 2.48. The molecule has 0 aliphatic carbocycles. The van der Waals surface area contributed by atoms with Crippen molar-refractivity contribution in [3.05, 3.63) is 45.4 Å². The zero-order valence-corrected chi connectivity index (χ0v) is 12.7. The number of amides is 1. The molecule has 0 bridgehead atoms. The highest BCUT2D eigenvalue weighted by Crippen LogP contribution is 2.30. The van der Waals surface area contributed by atoms with Crippen LogP contribution in [0.5, 0.6) is 0 Å². The first kappa shape index (κ1) is 14.4. The van der Waals surface area contributed by atoms with Crippen LogP contribution in [0.2, 0.25) is 5.02 Å². The zero-order valence-electron chi connectivity index (χ0n) is 10.4. The summed E-state index contributed by atoms with van der Waals surface area (Å²) in [7, 11) is 0. The number of thioether (sulfide) groups is 1. The molecule has 1 amide bonds. The average molecular weight is 313 g/mol. The minimum atomic E-state index is -0.319. The van der Waals surface area contributed by atoms with Gasteiger partial charge in [0.05, 0.1) is 12.1 Å². The molecular formula is C13H13ClN2OS2. The van der Waals surface area contributed by atoms with Crippen LogP contribution in [0.15, 0.2) is 28.6 Å². The molecule has 1 aromatic carbocycles. The molecule has 19 heavy (non-hydrogen) atoms. The van der Waals surface area contributed by atoms with Crippen molar-refractivity contribution in [2.24, 2.45) is 5.73 Å². The summed E-state index contributed by atoms with van der Waals surface area (Å²) in [6, 6.07) is 7.76. The van der Waals surface area contributed by atoms with Crippen molar-refractivity contribution in [1.82, 2.24) is 4.98 Å². The number of aromatic nitrogens is 1. The number of hydrogen-bond donors (Lipinski definition) is 1. The molecule has 3 nitrogen and oxygen atoms in total. The van der Waals surface area contributed by atoms with Crippen molar-refractivity contribution in [3.63, 3.8) is 0 Å². The minimum absolute atomic E-state index is 0.269. The van der Waals surface area contributed by atoms with E-state index in [9.17, 15) is 4.79 Å². The van der Waals surface area contributed by atoms with E-state index in [1.54, 1.807) is 11.8 Å². The lowest BCUT2D eigenvalue weighted by atomic mass is 10.2. The van der Waals surface area contributed by atoms with Gasteiger partial charge in [-0.25, -0.2) is 4.98 Å². The Morgan fingerprint density at radius 1 is 1.42 bits per heavy atom. The van der Waals surface area contributed by atoms with Crippen molar-refractivity contribution in [2.45, 2.75) is 23.4 Å². The van der Waals surface area contributed by atoms with Gasteiger partial charge in [-0.1, -0.05) is 35.5 Å². The number of hydrogen-bond acceptors (Lipinski definition) is 4. The van der Waals surface area contributed by atoms with E-state index >= 15 is 0 Å². The zero-order chi connectivity index (χ0) is 13.8. The fourth-order valence-electron chi connectivity index (χ4n) is 1.51. The Morgan fingerprint density at radius 2 is 2.11 bits per heavy atom. The van der Waals surface area contributed by atoms with Crippen molar-refractivity contribution in [3.8, 4) is 0 Å². The van der Waals surface area contributed by atoms with E-state index < -0.39 is 0 Å². The van der Waals surface area contributed by atoms with Crippen LogP contribution in [-0.2, 0) is 17.0 Å². The number of halogens is 1. The lowest BCUT2D eigenvalue weighted by Gasteiger charge is -1.98. The third-order valence-corrected chi connectivity index (χ3v) is 5.11. The van der Waals surface area contributed by atoms with Gasteiger partial charge in [0, 0.05) is 15.7 Å². The molecule has 0 atom stereocenters. The predicted octanol–water partition coefficient (Wildman–Crippen LogP) is 3.43. The highest BCUT2D eigenvalue weighted by molar-refractivity contribution is 8.00. The van der Waals surface area contributed by atoms with Crippen molar-refractivity contribution in [2.75, 3.05) is 0 Å². The maximum absolute atomic E-state index is 10.9. The first-order valence-corrected chi connectivity index (χ1v) is 7.84. The van der Waals surface area contributed by atoms with E-state index in [0.717, 1.165) is 25.7 Å². The summed E-state index contributed by atoms with van der Waals surface area (Å²) in [5.74, 6) is 0.515. The highest BCUT2D eigenvalue weighted by Gasteiger charge is 2.10. The largest absolute Gasteiger partial charge is 0.369 e. The second-order valence-corrected chi connectivity index (χ2v) is 6.79. The van der Waals surface area contributed by atoms with Crippen LogP contribution >= 0.6 is 34.7 Å². The van der Waals surface area contributed by atoms with Crippen LogP contribution in [0.3, 0.4) is 0 Å². The molecule has 0 unspecified atom stereocenters. The second kappa shape index (κ2) is 6.41. The number of nitrogens with zero attached hydrogens (tertiary/aromatic N) is 1. The first-order chi connectivity index (χ1) is 9.04. The van der Waals surface area contributed by atoms with Gasteiger partial charge < -0.3 is 5.73 Å². The van der Waals surface area contributed by atoms with Crippen molar-refractivity contribution < 1.29 is 4.79 Å². The number of thiazole rings is 1. The number of primary amides is 1. The van der Waals surface area contributed by atoms with Gasteiger partial charge in [0.1, 0.15) is 0 Å². The number of nitrogens with two attached hydrogens (primary N) is 1. The van der Waals surface area contributed by atoms with Gasteiger partial charge in [-0.3, -0.25) is 4.79 Å². The van der Waals surface area contributed by atoms with Gasteiger partial charge in [-0.05, 0) is 24.6 Å². The standard InChI is InChI=1S/C13H13ClN2OS2/c1-8-11(6-12(15)17)19-13(16-8)18-7-9-2-4-10(14)5-3-9/h2-5H,6-7H2,1H3,(H2,15,17). The summed E-state index contributed by atoms with van der Waals surface area (Å²) in [5, 5.41) is 0.739. The van der Waals surface area contributed by atoms with E-state index in [2.05, 4.69) is 4.98 Å². The predicted molar refractivity (Wildman–Crippen MR) is 80.8 cm³/mol. The van der Waals surface area contributed by atoms with Crippen LogP contribution in [0.4, 0.5) is 0 Å². The molecule has 1 aromatic heterocycles. The molecule has 100 valence electrons. The normalized spacial score (nSPS) is 10.6. The Hall–Kier alpha value is -1.04. The molecule has 0 aliphatic rings. The fraction of sp³-hybridized carbons (Fsp3) is 0.231. The number of aryl methyl sites for hydroxylation is 1. The molecule has 1 heterocycles. The molecule has 0 radical (unpaired) electrons. The Morgan fingerprint density at radius 3 is 2.74 bits per heavy atom. The lowest BCUT2D eigenvalue weighted by Crippen LogP contribution is -2.13. The minimum Gasteiger partial charge on any atom is -0.369 e. The quantitative estimate of drug-likeness (QED) is 0.861. The Labute approximate surface area is 125 Å². The number of rotatable bonds is 5. The van der Waals surface area contributed by atoms with Crippen molar-refractivity contribution in [1.29, 1.82) is 0 Å². The van der Waals surface area contributed by atoms with Crippen LogP contribution in [-0.4, -0.2) is 10.9 Å². The van der Waals surface area contributed by atoms with Gasteiger partial charge >= 0.3 is 0 Å².